The van der Waals surface area contributed by atoms with Crippen molar-refractivity contribution in [3.05, 3.63) is 113 Å². The molecular formula is C22H16O3. The zero-order chi connectivity index (χ0) is 17.2. The van der Waals surface area contributed by atoms with Crippen molar-refractivity contribution >= 4 is 11.7 Å². The monoisotopic (exact) mass is 328 g/mol. The number of fused-ring (bicyclic) bond motifs is 1. The summed E-state index contributed by atoms with van der Waals surface area (Å²) >= 11 is 0. The van der Waals surface area contributed by atoms with Gasteiger partial charge >= 0.3 is 6.16 Å². The molecule has 3 nitrogen and oxygen atoms in total. The second kappa shape index (κ2) is 6.29. The Hall–Kier alpha value is -3.33. The fourth-order valence-corrected chi connectivity index (χ4v) is 3.48. The predicted octanol–water partition coefficient (Wildman–Crippen LogP) is 5.29. The smallest absolute Gasteiger partial charge is 0.449 e. The molecule has 3 heteroatoms. The molecule has 122 valence electrons. The average molecular weight is 328 g/mol. The number of carboxylic acid groups (broad SMARTS) is 1. The van der Waals surface area contributed by atoms with Gasteiger partial charge in [-0.25, -0.2) is 4.79 Å². The summed E-state index contributed by atoms with van der Waals surface area (Å²) in [6.45, 7) is 0. The van der Waals surface area contributed by atoms with Crippen molar-refractivity contribution in [2.45, 2.75) is 5.92 Å². The van der Waals surface area contributed by atoms with Gasteiger partial charge in [0.15, 0.2) is 0 Å². The standard InChI is InChI=1S/C22H16O3/c23-22(24)25-21-19(15-9-3-1-4-10-15)17-13-7-8-14-18(17)20(21)16-11-5-2-6-12-16/h1-14,19H,(H,23,24). The number of hydrogen-bond donors (Lipinski definition) is 1. The van der Waals surface area contributed by atoms with Crippen molar-refractivity contribution in [3.8, 4) is 0 Å². The van der Waals surface area contributed by atoms with Gasteiger partial charge in [0.25, 0.3) is 0 Å². The molecule has 1 aliphatic carbocycles. The third-order valence-electron chi connectivity index (χ3n) is 4.44. The first-order valence-electron chi connectivity index (χ1n) is 8.10. The van der Waals surface area contributed by atoms with Gasteiger partial charge < -0.3 is 9.84 Å². The summed E-state index contributed by atoms with van der Waals surface area (Å²) in [5.74, 6) is 0.231. The van der Waals surface area contributed by atoms with Crippen molar-refractivity contribution in [1.29, 1.82) is 0 Å². The molecule has 0 amide bonds. The third kappa shape index (κ3) is 2.70. The number of rotatable bonds is 3. The molecule has 1 aliphatic rings. The van der Waals surface area contributed by atoms with Crippen LogP contribution in [-0.4, -0.2) is 11.3 Å². The molecule has 4 rings (SSSR count). The molecule has 0 bridgehead atoms. The highest BCUT2D eigenvalue weighted by molar-refractivity contribution is 5.89. The maximum Gasteiger partial charge on any atom is 0.511 e. The Labute approximate surface area is 145 Å². The lowest BCUT2D eigenvalue weighted by molar-refractivity contribution is 0.116. The summed E-state index contributed by atoms with van der Waals surface area (Å²) < 4.78 is 5.32. The van der Waals surface area contributed by atoms with Crippen LogP contribution < -0.4 is 0 Å². The van der Waals surface area contributed by atoms with Crippen LogP contribution in [0.1, 0.15) is 28.2 Å². The first-order chi connectivity index (χ1) is 12.3. The molecule has 1 atom stereocenters. The SMILES string of the molecule is O=C(O)OC1=C(c2ccccc2)c2ccccc2C1c1ccccc1. The number of hydrogen-bond acceptors (Lipinski definition) is 2. The molecule has 0 aliphatic heterocycles. The molecule has 25 heavy (non-hydrogen) atoms. The quantitative estimate of drug-likeness (QED) is 0.665. The second-order valence-electron chi connectivity index (χ2n) is 5.90. The Kier molecular flexibility index (Phi) is 3.82. The number of carbonyl (C=O) groups is 1. The molecule has 1 unspecified atom stereocenters. The summed E-state index contributed by atoms with van der Waals surface area (Å²) in [6, 6.07) is 27.6. The lowest BCUT2D eigenvalue weighted by atomic mass is 9.92. The molecule has 0 saturated carbocycles. The van der Waals surface area contributed by atoms with E-state index in [0.29, 0.717) is 5.76 Å². The van der Waals surface area contributed by atoms with Gasteiger partial charge in [-0.05, 0) is 22.3 Å². The third-order valence-corrected chi connectivity index (χ3v) is 4.44. The predicted molar refractivity (Wildman–Crippen MR) is 96.3 cm³/mol. The topological polar surface area (TPSA) is 46.5 Å². The minimum Gasteiger partial charge on any atom is -0.449 e. The molecule has 1 N–H and O–H groups in total. The molecule has 0 saturated heterocycles. The Morgan fingerprint density at radius 2 is 1.40 bits per heavy atom. The van der Waals surface area contributed by atoms with E-state index < -0.39 is 6.16 Å². The Bertz CT molecular complexity index is 943. The normalized spacial score (nSPS) is 15.8. The van der Waals surface area contributed by atoms with Crippen LogP contribution in [0.3, 0.4) is 0 Å². The van der Waals surface area contributed by atoms with Crippen LogP contribution in [0, 0.1) is 0 Å². The van der Waals surface area contributed by atoms with Crippen LogP contribution in [0.4, 0.5) is 4.79 Å². The summed E-state index contributed by atoms with van der Waals surface area (Å²) in [6.07, 6.45) is -1.29. The summed E-state index contributed by atoms with van der Waals surface area (Å²) in [4.78, 5) is 11.4. The van der Waals surface area contributed by atoms with E-state index in [4.69, 9.17) is 4.74 Å². The van der Waals surface area contributed by atoms with E-state index in [1.54, 1.807) is 0 Å². The van der Waals surface area contributed by atoms with Gasteiger partial charge in [-0.1, -0.05) is 84.9 Å². The maximum atomic E-state index is 11.4. The van der Waals surface area contributed by atoms with Gasteiger partial charge in [0.1, 0.15) is 5.76 Å². The molecular weight excluding hydrogens is 312 g/mol. The fourth-order valence-electron chi connectivity index (χ4n) is 3.48. The number of allylic oxidation sites excluding steroid dienone is 1. The van der Waals surface area contributed by atoms with E-state index >= 15 is 0 Å². The summed E-state index contributed by atoms with van der Waals surface area (Å²) in [7, 11) is 0. The maximum absolute atomic E-state index is 11.4. The zero-order valence-corrected chi connectivity index (χ0v) is 13.4. The van der Waals surface area contributed by atoms with Gasteiger partial charge in [-0.3, -0.25) is 0 Å². The van der Waals surface area contributed by atoms with Crippen LogP contribution in [0.15, 0.2) is 90.7 Å². The van der Waals surface area contributed by atoms with E-state index in [2.05, 4.69) is 0 Å². The van der Waals surface area contributed by atoms with Gasteiger partial charge in [-0.15, -0.1) is 0 Å². The Balaban J connectivity index is 1.99. The van der Waals surface area contributed by atoms with Crippen LogP contribution >= 0.6 is 0 Å². The Morgan fingerprint density at radius 1 is 0.800 bits per heavy atom. The average Bonchev–Trinajstić information content (AvgIpc) is 2.96. The van der Waals surface area contributed by atoms with Crippen LogP contribution in [0.5, 0.6) is 0 Å². The van der Waals surface area contributed by atoms with Crippen molar-refractivity contribution in [3.63, 3.8) is 0 Å². The van der Waals surface area contributed by atoms with Crippen LogP contribution in [-0.2, 0) is 4.74 Å². The van der Waals surface area contributed by atoms with Gasteiger partial charge in [0.05, 0.1) is 5.92 Å². The first-order valence-corrected chi connectivity index (χ1v) is 8.10. The van der Waals surface area contributed by atoms with E-state index in [-0.39, 0.29) is 5.92 Å². The van der Waals surface area contributed by atoms with Crippen LogP contribution in [0.25, 0.3) is 5.57 Å². The highest BCUT2D eigenvalue weighted by Gasteiger charge is 2.35. The van der Waals surface area contributed by atoms with E-state index in [1.165, 1.54) is 0 Å². The number of ether oxygens (including phenoxy) is 1. The lowest BCUT2D eigenvalue weighted by Crippen LogP contribution is -2.08. The molecule has 0 radical (unpaired) electrons. The molecule has 0 spiro atoms. The van der Waals surface area contributed by atoms with Crippen molar-refractivity contribution in [2.75, 3.05) is 0 Å². The first kappa shape index (κ1) is 15.2. The molecule has 0 fully saturated rings. The highest BCUT2D eigenvalue weighted by Crippen LogP contribution is 2.48. The largest absolute Gasteiger partial charge is 0.511 e. The minimum absolute atomic E-state index is 0.233. The summed E-state index contributed by atoms with van der Waals surface area (Å²) in [5, 5.41) is 9.33. The molecule has 0 heterocycles. The van der Waals surface area contributed by atoms with E-state index in [9.17, 15) is 9.90 Å². The zero-order valence-electron chi connectivity index (χ0n) is 13.4. The number of benzene rings is 3. The Morgan fingerprint density at radius 3 is 2.08 bits per heavy atom. The van der Waals surface area contributed by atoms with Crippen molar-refractivity contribution < 1.29 is 14.6 Å². The van der Waals surface area contributed by atoms with Crippen molar-refractivity contribution in [1.82, 2.24) is 0 Å². The van der Waals surface area contributed by atoms with Gasteiger partial charge in [-0.2, -0.15) is 0 Å². The van der Waals surface area contributed by atoms with Gasteiger partial charge in [0.2, 0.25) is 0 Å². The fraction of sp³-hybridized carbons (Fsp3) is 0.0455. The minimum atomic E-state index is -1.29. The lowest BCUT2D eigenvalue weighted by Gasteiger charge is -2.16. The molecule has 3 aromatic carbocycles. The molecule has 3 aromatic rings. The summed E-state index contributed by atoms with van der Waals surface area (Å²) in [5.41, 5.74) is 4.87. The van der Waals surface area contributed by atoms with E-state index in [0.717, 1.165) is 27.8 Å². The van der Waals surface area contributed by atoms with Crippen molar-refractivity contribution in [2.24, 2.45) is 0 Å². The molecule has 0 aromatic heterocycles. The van der Waals surface area contributed by atoms with Crippen LogP contribution in [0.2, 0.25) is 0 Å². The van der Waals surface area contributed by atoms with E-state index in [1.807, 2.05) is 84.9 Å². The highest BCUT2D eigenvalue weighted by atomic mass is 16.7. The van der Waals surface area contributed by atoms with Gasteiger partial charge in [0, 0.05) is 5.57 Å². The second-order valence-corrected chi connectivity index (χ2v) is 5.90.